The van der Waals surface area contributed by atoms with Gasteiger partial charge in [-0.3, -0.25) is 4.90 Å². The summed E-state index contributed by atoms with van der Waals surface area (Å²) in [4.78, 5) is 2.19. The lowest BCUT2D eigenvalue weighted by molar-refractivity contribution is 0.177. The van der Waals surface area contributed by atoms with Crippen LogP contribution in [0.3, 0.4) is 0 Å². The summed E-state index contributed by atoms with van der Waals surface area (Å²) < 4.78 is 55.0. The Bertz CT molecular complexity index is 1150. The Labute approximate surface area is 176 Å². The minimum atomic E-state index is -3.60. The van der Waals surface area contributed by atoms with E-state index < -0.39 is 21.7 Å². The predicted octanol–water partition coefficient (Wildman–Crippen LogP) is 2.10. The van der Waals surface area contributed by atoms with Gasteiger partial charge in [0.2, 0.25) is 10.0 Å². The average molecular weight is 455 g/mol. The second-order valence-electron chi connectivity index (χ2n) is 6.74. The third-order valence-corrected chi connectivity index (χ3v) is 6.99. The molecule has 1 aliphatic heterocycles. The van der Waals surface area contributed by atoms with Crippen molar-refractivity contribution in [1.29, 1.82) is 0 Å². The molecule has 30 heavy (non-hydrogen) atoms. The molecule has 0 spiro atoms. The van der Waals surface area contributed by atoms with Crippen LogP contribution >= 0.6 is 11.6 Å². The van der Waals surface area contributed by atoms with E-state index in [0.717, 1.165) is 12.1 Å². The highest BCUT2D eigenvalue weighted by atomic mass is 35.5. The van der Waals surface area contributed by atoms with E-state index in [1.54, 1.807) is 12.1 Å². The first-order valence-electron chi connectivity index (χ1n) is 9.05. The number of nitrogens with zero attached hydrogens (tertiary/aromatic N) is 6. The van der Waals surface area contributed by atoms with E-state index in [1.807, 2.05) is 4.90 Å². The molecule has 4 rings (SSSR count). The molecule has 3 aromatic rings. The van der Waals surface area contributed by atoms with E-state index in [1.165, 1.54) is 27.2 Å². The van der Waals surface area contributed by atoms with Gasteiger partial charge in [0.1, 0.15) is 0 Å². The smallest absolute Gasteiger partial charge is 0.243 e. The second-order valence-corrected chi connectivity index (χ2v) is 9.11. The first kappa shape index (κ1) is 20.8. The zero-order valence-electron chi connectivity index (χ0n) is 15.6. The molecule has 0 unspecified atom stereocenters. The number of hydrogen-bond donors (Lipinski definition) is 0. The van der Waals surface area contributed by atoms with Gasteiger partial charge < -0.3 is 0 Å². The second kappa shape index (κ2) is 8.34. The summed E-state index contributed by atoms with van der Waals surface area (Å²) in [5, 5.41) is 11.9. The van der Waals surface area contributed by atoms with Crippen LogP contribution in [0.1, 0.15) is 5.82 Å². The lowest BCUT2D eigenvalue weighted by Gasteiger charge is -2.33. The quantitative estimate of drug-likeness (QED) is 0.587. The normalized spacial score (nSPS) is 16.1. The van der Waals surface area contributed by atoms with Crippen molar-refractivity contribution >= 4 is 21.6 Å². The molecule has 0 radical (unpaired) electrons. The van der Waals surface area contributed by atoms with Crippen LogP contribution in [-0.4, -0.2) is 64.0 Å². The van der Waals surface area contributed by atoms with E-state index in [2.05, 4.69) is 15.5 Å². The van der Waals surface area contributed by atoms with Gasteiger partial charge in [0.25, 0.3) is 0 Å². The lowest BCUT2D eigenvalue weighted by atomic mass is 10.3. The van der Waals surface area contributed by atoms with Crippen molar-refractivity contribution in [2.45, 2.75) is 11.4 Å². The van der Waals surface area contributed by atoms with Gasteiger partial charge in [-0.1, -0.05) is 11.6 Å². The Morgan fingerprint density at radius 3 is 2.33 bits per heavy atom. The highest BCUT2D eigenvalue weighted by molar-refractivity contribution is 7.89. The maximum atomic E-state index is 13.5. The van der Waals surface area contributed by atoms with Crippen LogP contribution in [-0.2, 0) is 16.6 Å². The minimum Gasteiger partial charge on any atom is -0.293 e. The van der Waals surface area contributed by atoms with Crippen LogP contribution < -0.4 is 0 Å². The van der Waals surface area contributed by atoms with E-state index in [0.29, 0.717) is 49.3 Å². The van der Waals surface area contributed by atoms with Crippen LogP contribution in [0, 0.1) is 11.6 Å². The molecule has 0 atom stereocenters. The summed E-state index contributed by atoms with van der Waals surface area (Å²) in [5.74, 6) is -1.50. The molecule has 0 aliphatic carbocycles. The molecule has 0 N–H and O–H groups in total. The van der Waals surface area contributed by atoms with E-state index >= 15 is 0 Å². The lowest BCUT2D eigenvalue weighted by Crippen LogP contribution is -2.48. The molecule has 8 nitrogen and oxygen atoms in total. The Hall–Kier alpha value is -2.47. The Morgan fingerprint density at radius 2 is 1.67 bits per heavy atom. The molecule has 1 fully saturated rings. The molecule has 0 saturated carbocycles. The maximum absolute atomic E-state index is 13.5. The van der Waals surface area contributed by atoms with Crippen LogP contribution in [0.2, 0.25) is 5.02 Å². The van der Waals surface area contributed by atoms with Gasteiger partial charge >= 0.3 is 0 Å². The molecular formula is C18H17ClF2N6O2S. The Morgan fingerprint density at radius 1 is 0.967 bits per heavy atom. The van der Waals surface area contributed by atoms with Gasteiger partial charge in [0.05, 0.1) is 17.1 Å². The molecule has 12 heteroatoms. The van der Waals surface area contributed by atoms with Gasteiger partial charge in [-0.15, -0.1) is 5.10 Å². The fourth-order valence-electron chi connectivity index (χ4n) is 3.21. The van der Waals surface area contributed by atoms with Gasteiger partial charge in [0.15, 0.2) is 17.5 Å². The third kappa shape index (κ3) is 4.19. The largest absolute Gasteiger partial charge is 0.293 e. The van der Waals surface area contributed by atoms with Crippen molar-refractivity contribution in [1.82, 2.24) is 29.4 Å². The number of hydrogen-bond acceptors (Lipinski definition) is 6. The van der Waals surface area contributed by atoms with Gasteiger partial charge in [-0.2, -0.15) is 8.99 Å². The monoisotopic (exact) mass is 454 g/mol. The SMILES string of the molecule is O=S(=O)(c1ccc(Cl)cc1)N1CCN(Cc2nnnn2-c2ccc(F)c(F)c2)CC1. The Kier molecular flexibility index (Phi) is 5.78. The van der Waals surface area contributed by atoms with Crippen molar-refractivity contribution in [3.63, 3.8) is 0 Å². The van der Waals surface area contributed by atoms with Gasteiger partial charge in [0, 0.05) is 37.3 Å². The molecule has 0 bridgehead atoms. The number of aromatic nitrogens is 4. The predicted molar refractivity (Wildman–Crippen MR) is 105 cm³/mol. The summed E-state index contributed by atoms with van der Waals surface area (Å²) in [5.41, 5.74) is 0.304. The number of piperazine rings is 1. The number of tetrazole rings is 1. The third-order valence-electron chi connectivity index (χ3n) is 4.83. The standard InChI is InChI=1S/C18H17ClF2N6O2S/c19-13-1-4-15(5-2-13)30(28,29)26-9-7-25(8-10-26)12-18-22-23-24-27(18)14-3-6-16(20)17(21)11-14/h1-6,11H,7-10,12H2. The molecule has 0 amide bonds. The number of halogens is 3. The summed E-state index contributed by atoms with van der Waals surface area (Å²) in [6.07, 6.45) is 0. The first-order valence-corrected chi connectivity index (χ1v) is 10.9. The summed E-state index contributed by atoms with van der Waals surface area (Å²) in [6, 6.07) is 9.48. The van der Waals surface area contributed by atoms with E-state index in [9.17, 15) is 17.2 Å². The molecule has 1 saturated heterocycles. The highest BCUT2D eigenvalue weighted by Gasteiger charge is 2.29. The fraction of sp³-hybridized carbons (Fsp3) is 0.278. The topological polar surface area (TPSA) is 84.2 Å². The maximum Gasteiger partial charge on any atom is 0.243 e. The van der Waals surface area contributed by atoms with Crippen molar-refractivity contribution < 1.29 is 17.2 Å². The molecule has 158 valence electrons. The van der Waals surface area contributed by atoms with E-state index in [-0.39, 0.29) is 4.90 Å². The minimum absolute atomic E-state index is 0.197. The number of benzene rings is 2. The molecule has 2 heterocycles. The van der Waals surface area contributed by atoms with Crippen molar-refractivity contribution in [3.05, 3.63) is 64.9 Å². The zero-order valence-corrected chi connectivity index (χ0v) is 17.2. The zero-order chi connectivity index (χ0) is 21.3. The van der Waals surface area contributed by atoms with Crippen LogP contribution in [0.5, 0.6) is 0 Å². The van der Waals surface area contributed by atoms with Crippen LogP contribution in [0.25, 0.3) is 5.69 Å². The number of sulfonamides is 1. The Balaban J connectivity index is 1.43. The summed E-state index contributed by atoms with van der Waals surface area (Å²) in [6.45, 7) is 1.88. The summed E-state index contributed by atoms with van der Waals surface area (Å²) >= 11 is 5.84. The molecule has 2 aromatic carbocycles. The average Bonchev–Trinajstić information content (AvgIpc) is 3.19. The summed E-state index contributed by atoms with van der Waals surface area (Å²) in [7, 11) is -3.60. The van der Waals surface area contributed by atoms with Crippen LogP contribution in [0.15, 0.2) is 47.4 Å². The van der Waals surface area contributed by atoms with Crippen molar-refractivity contribution in [2.75, 3.05) is 26.2 Å². The highest BCUT2D eigenvalue weighted by Crippen LogP contribution is 2.21. The van der Waals surface area contributed by atoms with E-state index in [4.69, 9.17) is 11.6 Å². The van der Waals surface area contributed by atoms with Crippen molar-refractivity contribution in [2.24, 2.45) is 0 Å². The van der Waals surface area contributed by atoms with Gasteiger partial charge in [-0.05, 0) is 46.8 Å². The fourth-order valence-corrected chi connectivity index (χ4v) is 4.75. The molecule has 1 aliphatic rings. The molecule has 1 aromatic heterocycles. The van der Waals surface area contributed by atoms with Gasteiger partial charge in [-0.25, -0.2) is 17.2 Å². The molecular weight excluding hydrogens is 438 g/mol. The number of rotatable bonds is 5. The van der Waals surface area contributed by atoms with Crippen LogP contribution in [0.4, 0.5) is 8.78 Å². The first-order chi connectivity index (χ1) is 14.3. The van der Waals surface area contributed by atoms with Crippen molar-refractivity contribution in [3.8, 4) is 5.69 Å².